The van der Waals surface area contributed by atoms with Gasteiger partial charge in [0.1, 0.15) is 12.4 Å². The van der Waals surface area contributed by atoms with Gasteiger partial charge in [-0.25, -0.2) is 9.78 Å². The fourth-order valence-electron chi connectivity index (χ4n) is 2.36. The van der Waals surface area contributed by atoms with Gasteiger partial charge in [0.05, 0.1) is 12.6 Å². The normalized spacial score (nSPS) is 15.5. The molecular weight excluding hydrogens is 346 g/mol. The fourth-order valence-corrected chi connectivity index (χ4v) is 2.59. The van der Waals surface area contributed by atoms with E-state index in [-0.39, 0.29) is 12.1 Å². The number of amides is 1. The summed E-state index contributed by atoms with van der Waals surface area (Å²) in [5.41, 5.74) is 1.94. The third-order valence-electron chi connectivity index (χ3n) is 3.53. The molecule has 0 aliphatic carbocycles. The first-order valence-electron chi connectivity index (χ1n) is 7.06. The molecule has 22 heavy (non-hydrogen) atoms. The summed E-state index contributed by atoms with van der Waals surface area (Å²) in [7, 11) is 0. The maximum absolute atomic E-state index is 11.7. The van der Waals surface area contributed by atoms with Crippen molar-refractivity contribution in [1.82, 2.24) is 4.98 Å². The Morgan fingerprint density at radius 1 is 1.36 bits per heavy atom. The molecule has 0 radical (unpaired) electrons. The molecule has 6 heteroatoms. The van der Waals surface area contributed by atoms with E-state index in [4.69, 9.17) is 4.74 Å². The predicted octanol–water partition coefficient (Wildman–Crippen LogP) is 3.97. The molecule has 1 fully saturated rings. The Morgan fingerprint density at radius 3 is 2.91 bits per heavy atom. The molecule has 5 nitrogen and oxygen atoms in total. The Balaban J connectivity index is 1.76. The lowest BCUT2D eigenvalue weighted by atomic mass is 10.1. The van der Waals surface area contributed by atoms with Gasteiger partial charge in [0.15, 0.2) is 0 Å². The molecule has 0 saturated carbocycles. The first-order chi connectivity index (χ1) is 10.6. The van der Waals surface area contributed by atoms with Crippen molar-refractivity contribution in [1.29, 1.82) is 0 Å². The smallest absolute Gasteiger partial charge is 0.414 e. The Kier molecular flexibility index (Phi) is 4.29. The monoisotopic (exact) mass is 361 g/mol. The number of anilines is 2. The van der Waals surface area contributed by atoms with Crippen LogP contribution in [0.15, 0.2) is 47.1 Å². The zero-order valence-corrected chi connectivity index (χ0v) is 13.7. The molecule has 2 heterocycles. The number of nitrogens with one attached hydrogen (secondary N) is 1. The number of aromatic nitrogens is 1. The number of hydrogen-bond acceptors (Lipinski definition) is 4. The van der Waals surface area contributed by atoms with E-state index >= 15 is 0 Å². The summed E-state index contributed by atoms with van der Waals surface area (Å²) in [6.07, 6.45) is 1.47. The van der Waals surface area contributed by atoms with Gasteiger partial charge in [-0.3, -0.25) is 4.90 Å². The zero-order valence-electron chi connectivity index (χ0n) is 12.1. The van der Waals surface area contributed by atoms with E-state index < -0.39 is 0 Å². The Bertz CT molecular complexity index is 675. The van der Waals surface area contributed by atoms with E-state index in [1.54, 1.807) is 11.1 Å². The van der Waals surface area contributed by atoms with Crippen molar-refractivity contribution in [2.24, 2.45) is 0 Å². The average molecular weight is 362 g/mol. The third kappa shape index (κ3) is 3.22. The highest BCUT2D eigenvalue weighted by atomic mass is 79.9. The van der Waals surface area contributed by atoms with Crippen LogP contribution in [0.2, 0.25) is 0 Å². The van der Waals surface area contributed by atoms with Gasteiger partial charge in [0, 0.05) is 16.4 Å². The Labute approximate surface area is 137 Å². The number of hydrogen-bond donors (Lipinski definition) is 1. The summed E-state index contributed by atoms with van der Waals surface area (Å²) in [5, 5.41) is 3.35. The number of nitrogens with zero attached hydrogens (tertiary/aromatic N) is 2. The van der Waals surface area contributed by atoms with Gasteiger partial charge in [-0.15, -0.1) is 0 Å². The van der Waals surface area contributed by atoms with Crippen LogP contribution in [0.5, 0.6) is 0 Å². The van der Waals surface area contributed by atoms with Gasteiger partial charge in [0.25, 0.3) is 0 Å². The molecule has 1 amide bonds. The number of carbonyl (C=O) groups excluding carboxylic acids is 1. The van der Waals surface area contributed by atoms with Crippen molar-refractivity contribution in [2.45, 2.75) is 13.0 Å². The highest BCUT2D eigenvalue weighted by Gasteiger charge is 2.23. The Hall–Kier alpha value is -2.08. The maximum atomic E-state index is 11.7. The van der Waals surface area contributed by atoms with Crippen molar-refractivity contribution in [3.63, 3.8) is 0 Å². The fraction of sp³-hybridized carbons (Fsp3) is 0.250. The number of cyclic esters (lactones) is 1. The second-order valence-electron chi connectivity index (χ2n) is 5.09. The summed E-state index contributed by atoms with van der Waals surface area (Å²) < 4.78 is 5.93. The Morgan fingerprint density at radius 2 is 2.23 bits per heavy atom. The molecule has 2 aromatic rings. The summed E-state index contributed by atoms with van der Waals surface area (Å²) in [6.45, 7) is 3.10. The minimum atomic E-state index is -0.285. The van der Waals surface area contributed by atoms with E-state index in [2.05, 4.69) is 33.2 Å². The zero-order chi connectivity index (χ0) is 15.5. The number of halogens is 1. The molecule has 0 bridgehead atoms. The largest absolute Gasteiger partial charge is 0.447 e. The van der Waals surface area contributed by atoms with E-state index in [0.717, 1.165) is 21.5 Å². The van der Waals surface area contributed by atoms with Crippen LogP contribution >= 0.6 is 15.9 Å². The van der Waals surface area contributed by atoms with Gasteiger partial charge < -0.3 is 10.1 Å². The van der Waals surface area contributed by atoms with Crippen molar-refractivity contribution in [3.8, 4) is 0 Å². The van der Waals surface area contributed by atoms with Crippen molar-refractivity contribution in [2.75, 3.05) is 23.4 Å². The molecule has 1 N–H and O–H groups in total. The van der Waals surface area contributed by atoms with Gasteiger partial charge in [-0.2, -0.15) is 0 Å². The van der Waals surface area contributed by atoms with Gasteiger partial charge in [-0.05, 0) is 52.7 Å². The number of benzene rings is 1. The van der Waals surface area contributed by atoms with E-state index in [9.17, 15) is 4.79 Å². The third-order valence-corrected chi connectivity index (χ3v) is 4.00. The quantitative estimate of drug-likeness (QED) is 0.894. The second kappa shape index (κ2) is 6.36. The predicted molar refractivity (Wildman–Crippen MR) is 89.1 cm³/mol. The first kappa shape index (κ1) is 14.8. The number of carbonyl (C=O) groups is 1. The van der Waals surface area contributed by atoms with Crippen LogP contribution in [0.3, 0.4) is 0 Å². The second-order valence-corrected chi connectivity index (χ2v) is 6.00. The van der Waals surface area contributed by atoms with Crippen LogP contribution in [0.1, 0.15) is 18.5 Å². The molecule has 3 rings (SSSR count). The van der Waals surface area contributed by atoms with Crippen molar-refractivity contribution >= 4 is 33.5 Å². The van der Waals surface area contributed by atoms with Crippen LogP contribution in [0.25, 0.3) is 0 Å². The lowest BCUT2D eigenvalue weighted by Crippen LogP contribution is -2.23. The standard InChI is InChI=1S/C16H16BrN3O2/c1-11(19-15-6-5-13(17)10-18-15)12-3-2-4-14(9-12)20-7-8-22-16(20)21/h2-6,9-11H,7-8H2,1H3,(H,18,19). The van der Waals surface area contributed by atoms with Crippen LogP contribution in [-0.2, 0) is 4.74 Å². The first-order valence-corrected chi connectivity index (χ1v) is 7.85. The van der Waals surface area contributed by atoms with Gasteiger partial charge in [-0.1, -0.05) is 12.1 Å². The molecule has 1 aromatic heterocycles. The summed E-state index contributed by atoms with van der Waals surface area (Å²) in [5.74, 6) is 0.807. The number of ether oxygens (including phenoxy) is 1. The van der Waals surface area contributed by atoms with Crippen LogP contribution in [0.4, 0.5) is 16.3 Å². The summed E-state index contributed by atoms with van der Waals surface area (Å²) in [6, 6.07) is 11.8. The summed E-state index contributed by atoms with van der Waals surface area (Å²) >= 11 is 3.37. The van der Waals surface area contributed by atoms with Gasteiger partial charge >= 0.3 is 6.09 Å². The lowest BCUT2D eigenvalue weighted by Gasteiger charge is -2.18. The molecule has 1 saturated heterocycles. The highest BCUT2D eigenvalue weighted by molar-refractivity contribution is 9.10. The highest BCUT2D eigenvalue weighted by Crippen LogP contribution is 2.25. The molecule has 1 aliphatic rings. The molecule has 1 aliphatic heterocycles. The molecule has 1 unspecified atom stereocenters. The molecular formula is C16H16BrN3O2. The minimum Gasteiger partial charge on any atom is -0.447 e. The van der Waals surface area contributed by atoms with E-state index in [1.807, 2.05) is 36.4 Å². The summed E-state index contributed by atoms with van der Waals surface area (Å²) in [4.78, 5) is 17.6. The molecule has 0 spiro atoms. The average Bonchev–Trinajstić information content (AvgIpc) is 2.96. The SMILES string of the molecule is CC(Nc1ccc(Br)cn1)c1cccc(N2CCOC2=O)c1. The van der Waals surface area contributed by atoms with Crippen molar-refractivity contribution < 1.29 is 9.53 Å². The van der Waals surface area contributed by atoms with Crippen LogP contribution in [-0.4, -0.2) is 24.2 Å². The van der Waals surface area contributed by atoms with Crippen LogP contribution < -0.4 is 10.2 Å². The number of pyridine rings is 1. The maximum Gasteiger partial charge on any atom is 0.414 e. The van der Waals surface area contributed by atoms with E-state index in [1.165, 1.54) is 0 Å². The molecule has 114 valence electrons. The van der Waals surface area contributed by atoms with Crippen LogP contribution in [0, 0.1) is 0 Å². The lowest BCUT2D eigenvalue weighted by molar-refractivity contribution is 0.181. The number of rotatable bonds is 4. The molecule has 1 aromatic carbocycles. The molecule has 1 atom stereocenters. The van der Waals surface area contributed by atoms with E-state index in [0.29, 0.717) is 13.2 Å². The van der Waals surface area contributed by atoms with Gasteiger partial charge in [0.2, 0.25) is 0 Å². The minimum absolute atomic E-state index is 0.0762. The topological polar surface area (TPSA) is 54.5 Å². The van der Waals surface area contributed by atoms with Crippen molar-refractivity contribution in [3.05, 3.63) is 52.6 Å².